The van der Waals surface area contributed by atoms with Crippen LogP contribution in [-0.2, 0) is 6.42 Å². The number of nitrogens with zero attached hydrogens (tertiary/aromatic N) is 1. The van der Waals surface area contributed by atoms with Crippen LogP contribution >= 0.6 is 0 Å². The molecule has 0 spiro atoms. The van der Waals surface area contributed by atoms with Crippen LogP contribution in [-0.4, -0.2) is 54.5 Å². The first kappa shape index (κ1) is 25.6. The summed E-state index contributed by atoms with van der Waals surface area (Å²) in [4.78, 5) is 28.3. The number of aliphatic hydroxyl groups excluding tert-OH is 1. The molecule has 35 heavy (non-hydrogen) atoms. The van der Waals surface area contributed by atoms with Gasteiger partial charge in [-0.3, -0.25) is 9.59 Å². The van der Waals surface area contributed by atoms with Crippen LogP contribution in [0.15, 0.2) is 48.5 Å². The van der Waals surface area contributed by atoms with Crippen LogP contribution in [0.1, 0.15) is 83.2 Å². The first-order chi connectivity index (χ1) is 17.0. The molecule has 2 atom stereocenters. The summed E-state index contributed by atoms with van der Waals surface area (Å²) in [6.45, 7) is 6.06. The summed E-state index contributed by atoms with van der Waals surface area (Å²) in [6.07, 6.45) is 6.63. The number of aliphatic hydroxyl groups is 1. The third kappa shape index (κ3) is 6.80. The molecular weight excluding hydrogens is 436 g/mol. The highest BCUT2D eigenvalue weighted by Gasteiger charge is 2.29. The van der Waals surface area contributed by atoms with E-state index in [-0.39, 0.29) is 24.2 Å². The van der Waals surface area contributed by atoms with Gasteiger partial charge in [0.2, 0.25) is 0 Å². The standard InChI is InChI=1S/C30H40N2O3/c1-22(15-20-33)11-16-31-30(35)27-9-10-28-26(21-27)8-7-25(29(28)34)14-19-32-17-12-24(13-18-32)23-5-3-2-4-6-23/h2-6,9-10,21-22,24-25,33H,7-8,11-20H2,1H3,(H,31,35)/t22-,25?/m1/s1. The van der Waals surface area contributed by atoms with Crippen LogP contribution in [0.2, 0.25) is 0 Å². The van der Waals surface area contributed by atoms with E-state index in [9.17, 15) is 9.59 Å². The average molecular weight is 477 g/mol. The number of ketones is 1. The number of fused-ring (bicyclic) bond motifs is 1. The van der Waals surface area contributed by atoms with E-state index in [1.807, 2.05) is 12.1 Å². The minimum absolute atomic E-state index is 0.0852. The lowest BCUT2D eigenvalue weighted by molar-refractivity contribution is 0.0875. The van der Waals surface area contributed by atoms with Crippen molar-refractivity contribution in [1.29, 1.82) is 0 Å². The first-order valence-corrected chi connectivity index (χ1v) is 13.4. The fourth-order valence-electron chi connectivity index (χ4n) is 5.59. The van der Waals surface area contributed by atoms with E-state index in [0.29, 0.717) is 23.9 Å². The highest BCUT2D eigenvalue weighted by Crippen LogP contribution is 2.31. The molecule has 1 unspecified atom stereocenters. The van der Waals surface area contributed by atoms with Crippen LogP contribution in [0.25, 0.3) is 0 Å². The Morgan fingerprint density at radius 2 is 1.86 bits per heavy atom. The largest absolute Gasteiger partial charge is 0.396 e. The van der Waals surface area contributed by atoms with E-state index in [4.69, 9.17) is 5.11 Å². The first-order valence-electron chi connectivity index (χ1n) is 13.4. The van der Waals surface area contributed by atoms with Gasteiger partial charge < -0.3 is 15.3 Å². The number of aryl methyl sites for hydroxylation is 1. The van der Waals surface area contributed by atoms with Crippen molar-refractivity contribution in [2.75, 3.05) is 32.8 Å². The SMILES string of the molecule is C[C@@H](CCO)CCNC(=O)c1ccc2c(c1)CCC(CCN1CCC(c3ccccc3)CC1)C2=O. The molecule has 0 radical (unpaired) electrons. The lowest BCUT2D eigenvalue weighted by atomic mass is 9.80. The fraction of sp³-hybridized carbons (Fsp3) is 0.533. The van der Waals surface area contributed by atoms with Gasteiger partial charge in [-0.1, -0.05) is 43.3 Å². The molecule has 2 aromatic rings. The number of carbonyl (C=O) groups excluding carboxylic acids is 2. The number of piperidine rings is 1. The quantitative estimate of drug-likeness (QED) is 0.515. The third-order valence-corrected chi connectivity index (χ3v) is 7.96. The normalized spacial score (nSPS) is 19.8. The molecule has 2 aromatic carbocycles. The minimum atomic E-state index is -0.0857. The van der Waals surface area contributed by atoms with Gasteiger partial charge in [-0.25, -0.2) is 0 Å². The summed E-state index contributed by atoms with van der Waals surface area (Å²) >= 11 is 0. The molecule has 1 saturated heterocycles. The van der Waals surface area contributed by atoms with E-state index in [1.165, 1.54) is 18.4 Å². The molecule has 4 rings (SSSR count). The zero-order valence-corrected chi connectivity index (χ0v) is 21.0. The lowest BCUT2D eigenvalue weighted by Crippen LogP contribution is -2.35. The van der Waals surface area contributed by atoms with Gasteiger partial charge in [0.15, 0.2) is 5.78 Å². The zero-order chi connectivity index (χ0) is 24.6. The van der Waals surface area contributed by atoms with Gasteiger partial charge in [-0.2, -0.15) is 0 Å². The number of amides is 1. The Morgan fingerprint density at radius 1 is 1.09 bits per heavy atom. The number of carbonyl (C=O) groups is 2. The number of likely N-dealkylation sites (tertiary alicyclic amines) is 1. The van der Waals surface area contributed by atoms with Crippen molar-refractivity contribution in [2.24, 2.45) is 11.8 Å². The van der Waals surface area contributed by atoms with Crippen molar-refractivity contribution in [2.45, 2.75) is 57.8 Å². The smallest absolute Gasteiger partial charge is 0.251 e. The highest BCUT2D eigenvalue weighted by atomic mass is 16.3. The van der Waals surface area contributed by atoms with E-state index >= 15 is 0 Å². The number of rotatable bonds is 10. The van der Waals surface area contributed by atoms with Gasteiger partial charge in [0, 0.05) is 30.2 Å². The Morgan fingerprint density at radius 3 is 2.60 bits per heavy atom. The molecule has 2 aliphatic rings. The monoisotopic (exact) mass is 476 g/mol. The Balaban J connectivity index is 1.24. The lowest BCUT2D eigenvalue weighted by Gasteiger charge is -2.33. The van der Waals surface area contributed by atoms with Crippen molar-refractivity contribution in [1.82, 2.24) is 10.2 Å². The van der Waals surface area contributed by atoms with Gasteiger partial charge >= 0.3 is 0 Å². The number of benzene rings is 2. The average Bonchev–Trinajstić information content (AvgIpc) is 2.89. The molecule has 0 saturated carbocycles. The highest BCUT2D eigenvalue weighted by molar-refractivity contribution is 6.02. The molecule has 5 nitrogen and oxygen atoms in total. The van der Waals surface area contributed by atoms with E-state index in [0.717, 1.165) is 62.9 Å². The summed E-state index contributed by atoms with van der Waals surface area (Å²) in [7, 11) is 0. The minimum Gasteiger partial charge on any atom is -0.396 e. The number of nitrogens with one attached hydrogen (secondary N) is 1. The predicted molar refractivity (Wildman–Crippen MR) is 140 cm³/mol. The second kappa shape index (κ2) is 12.5. The van der Waals surface area contributed by atoms with Gasteiger partial charge in [0.25, 0.3) is 5.91 Å². The molecular formula is C30H40N2O3. The molecule has 188 valence electrons. The number of hydrogen-bond acceptors (Lipinski definition) is 4. The Bertz CT molecular complexity index is 982. The Kier molecular flexibility index (Phi) is 9.11. The van der Waals surface area contributed by atoms with Gasteiger partial charge in [0.1, 0.15) is 0 Å². The second-order valence-corrected chi connectivity index (χ2v) is 10.4. The summed E-state index contributed by atoms with van der Waals surface area (Å²) in [5.41, 5.74) is 3.90. The van der Waals surface area contributed by atoms with Gasteiger partial charge in [-0.05, 0) is 99.7 Å². The zero-order valence-electron chi connectivity index (χ0n) is 21.0. The molecule has 1 fully saturated rings. The number of hydrogen-bond donors (Lipinski definition) is 2. The second-order valence-electron chi connectivity index (χ2n) is 10.4. The topological polar surface area (TPSA) is 69.6 Å². The molecule has 1 aliphatic heterocycles. The molecule has 5 heteroatoms. The molecule has 2 N–H and O–H groups in total. The maximum absolute atomic E-state index is 13.2. The predicted octanol–water partition coefficient (Wildman–Crippen LogP) is 4.84. The van der Waals surface area contributed by atoms with Gasteiger partial charge in [0.05, 0.1) is 0 Å². The Hall–Kier alpha value is -2.50. The van der Waals surface area contributed by atoms with Crippen LogP contribution < -0.4 is 5.32 Å². The summed E-state index contributed by atoms with van der Waals surface area (Å²) in [5.74, 6) is 1.29. The van der Waals surface area contributed by atoms with Crippen molar-refractivity contribution in [3.05, 3.63) is 70.8 Å². The molecule has 1 heterocycles. The van der Waals surface area contributed by atoms with Crippen LogP contribution in [0.5, 0.6) is 0 Å². The van der Waals surface area contributed by atoms with Crippen molar-refractivity contribution >= 4 is 11.7 Å². The van der Waals surface area contributed by atoms with Crippen LogP contribution in [0.4, 0.5) is 0 Å². The maximum atomic E-state index is 13.2. The molecule has 0 aromatic heterocycles. The van der Waals surface area contributed by atoms with Crippen molar-refractivity contribution < 1.29 is 14.7 Å². The van der Waals surface area contributed by atoms with Gasteiger partial charge in [-0.15, -0.1) is 0 Å². The molecule has 0 bridgehead atoms. The molecule has 1 aliphatic carbocycles. The summed E-state index contributed by atoms with van der Waals surface area (Å²) < 4.78 is 0. The maximum Gasteiger partial charge on any atom is 0.251 e. The summed E-state index contributed by atoms with van der Waals surface area (Å²) in [6, 6.07) is 16.4. The third-order valence-electron chi connectivity index (χ3n) is 7.96. The number of Topliss-reactive ketones (excluding diaryl/α,β-unsaturated/α-hetero) is 1. The van der Waals surface area contributed by atoms with E-state index in [1.54, 1.807) is 6.07 Å². The molecule has 1 amide bonds. The van der Waals surface area contributed by atoms with E-state index in [2.05, 4.69) is 47.5 Å². The summed E-state index contributed by atoms with van der Waals surface area (Å²) in [5, 5.41) is 12.0. The Labute approximate surface area is 209 Å². The van der Waals surface area contributed by atoms with E-state index < -0.39 is 0 Å². The fourth-order valence-corrected chi connectivity index (χ4v) is 5.59. The van der Waals surface area contributed by atoms with Crippen LogP contribution in [0.3, 0.4) is 0 Å². The van der Waals surface area contributed by atoms with Crippen molar-refractivity contribution in [3.8, 4) is 0 Å². The van der Waals surface area contributed by atoms with Crippen LogP contribution in [0, 0.1) is 11.8 Å². The van der Waals surface area contributed by atoms with Crippen molar-refractivity contribution in [3.63, 3.8) is 0 Å².